The highest BCUT2D eigenvalue weighted by Crippen LogP contribution is 2.08. The van der Waals surface area contributed by atoms with Crippen LogP contribution in [0.1, 0.15) is 13.8 Å². The molecular formula is C9H13N5O3. The second-order valence-electron chi connectivity index (χ2n) is 3.28. The number of carbonyl (C=O) groups excluding carboxylic acids is 1. The smallest absolute Gasteiger partial charge is 0.305 e. The van der Waals surface area contributed by atoms with E-state index in [0.29, 0.717) is 6.54 Å². The third-order valence-corrected chi connectivity index (χ3v) is 1.94. The minimum atomic E-state index is -0.586. The SMILES string of the molecule is CCNC(=O)C(C)Nc1ncc([N+](=O)[O-])cn1. The van der Waals surface area contributed by atoms with E-state index < -0.39 is 11.0 Å². The highest BCUT2D eigenvalue weighted by Gasteiger charge is 2.13. The maximum absolute atomic E-state index is 11.4. The lowest BCUT2D eigenvalue weighted by Gasteiger charge is -2.12. The van der Waals surface area contributed by atoms with Crippen LogP contribution in [0.2, 0.25) is 0 Å². The lowest BCUT2D eigenvalue weighted by Crippen LogP contribution is -2.37. The molecule has 8 heteroatoms. The zero-order valence-electron chi connectivity index (χ0n) is 9.51. The number of anilines is 1. The molecule has 0 fully saturated rings. The zero-order chi connectivity index (χ0) is 12.8. The fourth-order valence-electron chi connectivity index (χ4n) is 1.08. The Morgan fingerprint density at radius 2 is 2.12 bits per heavy atom. The molecule has 17 heavy (non-hydrogen) atoms. The number of rotatable bonds is 5. The average Bonchev–Trinajstić information content (AvgIpc) is 2.30. The van der Waals surface area contributed by atoms with Gasteiger partial charge in [0.05, 0.1) is 4.92 Å². The molecule has 1 atom stereocenters. The minimum absolute atomic E-state index is 0.175. The molecule has 1 unspecified atom stereocenters. The molecule has 1 aromatic heterocycles. The van der Waals surface area contributed by atoms with Crippen LogP contribution in [-0.2, 0) is 4.79 Å². The van der Waals surface area contributed by atoms with Crippen LogP contribution in [0, 0.1) is 10.1 Å². The van der Waals surface area contributed by atoms with Crippen molar-refractivity contribution in [3.63, 3.8) is 0 Å². The van der Waals surface area contributed by atoms with E-state index in [1.165, 1.54) is 0 Å². The normalized spacial score (nSPS) is 11.6. The molecule has 1 rings (SSSR count). The minimum Gasteiger partial charge on any atom is -0.355 e. The fourth-order valence-corrected chi connectivity index (χ4v) is 1.08. The van der Waals surface area contributed by atoms with Crippen LogP contribution in [0.5, 0.6) is 0 Å². The molecule has 0 aromatic carbocycles. The van der Waals surface area contributed by atoms with Gasteiger partial charge in [0, 0.05) is 6.54 Å². The first-order valence-corrected chi connectivity index (χ1v) is 5.05. The van der Waals surface area contributed by atoms with Gasteiger partial charge in [-0.1, -0.05) is 0 Å². The van der Waals surface area contributed by atoms with Gasteiger partial charge in [-0.05, 0) is 13.8 Å². The third-order valence-electron chi connectivity index (χ3n) is 1.94. The number of carbonyl (C=O) groups is 1. The first kappa shape index (κ1) is 12.8. The molecule has 0 saturated heterocycles. The molecule has 0 saturated carbocycles. The monoisotopic (exact) mass is 239 g/mol. The predicted molar refractivity (Wildman–Crippen MR) is 60.5 cm³/mol. The summed E-state index contributed by atoms with van der Waals surface area (Å²) in [5.74, 6) is -0.0104. The Hall–Kier alpha value is -2.25. The molecule has 1 heterocycles. The number of hydrogen-bond acceptors (Lipinski definition) is 6. The molecule has 2 N–H and O–H groups in total. The van der Waals surface area contributed by atoms with E-state index in [0.717, 1.165) is 12.4 Å². The Morgan fingerprint density at radius 1 is 1.53 bits per heavy atom. The second-order valence-corrected chi connectivity index (χ2v) is 3.28. The number of nitro groups is 1. The van der Waals surface area contributed by atoms with Crippen molar-refractivity contribution < 1.29 is 9.72 Å². The van der Waals surface area contributed by atoms with E-state index >= 15 is 0 Å². The van der Waals surface area contributed by atoms with Crippen molar-refractivity contribution in [1.29, 1.82) is 0 Å². The highest BCUT2D eigenvalue weighted by atomic mass is 16.6. The topological polar surface area (TPSA) is 110 Å². The van der Waals surface area contributed by atoms with Gasteiger partial charge >= 0.3 is 5.69 Å². The maximum atomic E-state index is 11.4. The van der Waals surface area contributed by atoms with E-state index in [9.17, 15) is 14.9 Å². The van der Waals surface area contributed by atoms with Gasteiger partial charge in [0.25, 0.3) is 0 Å². The van der Waals surface area contributed by atoms with Crippen molar-refractivity contribution in [2.24, 2.45) is 0 Å². The summed E-state index contributed by atoms with van der Waals surface area (Å²) < 4.78 is 0. The Kier molecular flexibility index (Phi) is 4.32. The quantitative estimate of drug-likeness (QED) is 0.565. The van der Waals surface area contributed by atoms with E-state index in [2.05, 4.69) is 20.6 Å². The zero-order valence-corrected chi connectivity index (χ0v) is 9.51. The standard InChI is InChI=1S/C9H13N5O3/c1-3-10-8(15)6(2)13-9-11-4-7(5-12-9)14(16)17/h4-6H,3H2,1-2H3,(H,10,15)(H,11,12,13). The molecule has 1 aromatic rings. The highest BCUT2D eigenvalue weighted by molar-refractivity contribution is 5.83. The van der Waals surface area contributed by atoms with E-state index in [1.807, 2.05) is 6.92 Å². The lowest BCUT2D eigenvalue weighted by atomic mass is 10.3. The molecule has 0 aliphatic rings. The second kappa shape index (κ2) is 5.73. The Bertz CT molecular complexity index is 406. The predicted octanol–water partition coefficient (Wildman–Crippen LogP) is 0.321. The van der Waals surface area contributed by atoms with Crippen molar-refractivity contribution >= 4 is 17.5 Å². The molecule has 0 aliphatic carbocycles. The molecule has 0 spiro atoms. The van der Waals surface area contributed by atoms with Gasteiger partial charge in [-0.25, -0.2) is 9.97 Å². The Labute approximate surface area is 97.6 Å². The number of hydrogen-bond donors (Lipinski definition) is 2. The Balaban J connectivity index is 2.63. The van der Waals surface area contributed by atoms with Crippen LogP contribution in [0.4, 0.5) is 11.6 Å². The maximum Gasteiger partial charge on any atom is 0.305 e. The van der Waals surface area contributed by atoms with Gasteiger partial charge in [0.15, 0.2) is 0 Å². The fraction of sp³-hybridized carbons (Fsp3) is 0.444. The first-order chi connectivity index (χ1) is 8.04. The number of amides is 1. The number of nitrogens with one attached hydrogen (secondary N) is 2. The summed E-state index contributed by atoms with van der Waals surface area (Å²) in [7, 11) is 0. The number of likely N-dealkylation sites (N-methyl/N-ethyl adjacent to an activating group) is 1. The molecule has 0 aliphatic heterocycles. The van der Waals surface area contributed by atoms with Gasteiger partial charge in [-0.15, -0.1) is 0 Å². The van der Waals surface area contributed by atoms with Crippen molar-refractivity contribution in [3.05, 3.63) is 22.5 Å². The third kappa shape index (κ3) is 3.67. The van der Waals surface area contributed by atoms with Crippen molar-refractivity contribution in [2.75, 3.05) is 11.9 Å². The largest absolute Gasteiger partial charge is 0.355 e. The van der Waals surface area contributed by atoms with Crippen LogP contribution < -0.4 is 10.6 Å². The molecule has 92 valence electrons. The molecular weight excluding hydrogens is 226 g/mol. The van der Waals surface area contributed by atoms with Crippen LogP contribution >= 0.6 is 0 Å². The molecule has 8 nitrogen and oxygen atoms in total. The van der Waals surface area contributed by atoms with Gasteiger partial charge in [-0.3, -0.25) is 14.9 Å². The Morgan fingerprint density at radius 3 is 2.59 bits per heavy atom. The van der Waals surface area contributed by atoms with Crippen molar-refractivity contribution in [3.8, 4) is 0 Å². The molecule has 0 radical (unpaired) electrons. The number of aromatic nitrogens is 2. The van der Waals surface area contributed by atoms with Crippen LogP contribution in [0.25, 0.3) is 0 Å². The summed E-state index contributed by atoms with van der Waals surface area (Å²) in [6.07, 6.45) is 2.17. The van der Waals surface area contributed by atoms with Gasteiger partial charge in [0.1, 0.15) is 18.4 Å². The molecule has 0 bridgehead atoms. The van der Waals surface area contributed by atoms with Gasteiger partial charge in [0.2, 0.25) is 11.9 Å². The lowest BCUT2D eigenvalue weighted by molar-refractivity contribution is -0.385. The molecule has 1 amide bonds. The summed E-state index contributed by atoms with van der Waals surface area (Å²) in [6, 6.07) is -0.503. The summed E-state index contributed by atoms with van der Waals surface area (Å²) >= 11 is 0. The first-order valence-electron chi connectivity index (χ1n) is 5.05. The van der Waals surface area contributed by atoms with Crippen LogP contribution in [-0.4, -0.2) is 33.4 Å². The van der Waals surface area contributed by atoms with Crippen molar-refractivity contribution in [1.82, 2.24) is 15.3 Å². The van der Waals surface area contributed by atoms with Crippen molar-refractivity contribution in [2.45, 2.75) is 19.9 Å². The van der Waals surface area contributed by atoms with Gasteiger partial charge < -0.3 is 10.6 Å². The average molecular weight is 239 g/mol. The van der Waals surface area contributed by atoms with Crippen LogP contribution in [0.3, 0.4) is 0 Å². The van der Waals surface area contributed by atoms with E-state index in [4.69, 9.17) is 0 Å². The van der Waals surface area contributed by atoms with Crippen LogP contribution in [0.15, 0.2) is 12.4 Å². The van der Waals surface area contributed by atoms with E-state index in [1.54, 1.807) is 6.92 Å². The summed E-state index contributed by atoms with van der Waals surface area (Å²) in [4.78, 5) is 28.6. The summed E-state index contributed by atoms with van der Waals surface area (Å²) in [5, 5.41) is 15.7. The van der Waals surface area contributed by atoms with Gasteiger partial charge in [-0.2, -0.15) is 0 Å². The summed E-state index contributed by atoms with van der Waals surface area (Å²) in [6.45, 7) is 3.99. The summed E-state index contributed by atoms with van der Waals surface area (Å²) in [5.41, 5.74) is -0.193. The number of nitrogens with zero attached hydrogens (tertiary/aromatic N) is 3. The van der Waals surface area contributed by atoms with E-state index in [-0.39, 0.29) is 17.5 Å².